The minimum absolute atomic E-state index is 0.879. The van der Waals surface area contributed by atoms with Crippen molar-refractivity contribution in [3.63, 3.8) is 0 Å². The van der Waals surface area contributed by atoms with Gasteiger partial charge in [0.1, 0.15) is 22.3 Å². The highest BCUT2D eigenvalue weighted by Crippen LogP contribution is 2.44. The van der Waals surface area contributed by atoms with Gasteiger partial charge in [-0.1, -0.05) is 54.6 Å². The zero-order chi connectivity index (χ0) is 28.8. The molecule has 4 aromatic heterocycles. The molecule has 0 amide bonds. The summed E-state index contributed by atoms with van der Waals surface area (Å²) in [5.41, 5.74) is 7.80. The lowest BCUT2D eigenvalue weighted by Crippen LogP contribution is -2.09. The van der Waals surface area contributed by atoms with E-state index in [0.717, 1.165) is 71.8 Å². The number of benzene rings is 6. The normalized spacial score (nSPS) is 12.1. The molecule has 0 spiro atoms. The molecule has 5 heteroatoms. The van der Waals surface area contributed by atoms with E-state index in [9.17, 15) is 0 Å². The smallest absolute Gasteiger partial charge is 0.135 e. The maximum atomic E-state index is 6.19. The average molecular weight is 583 g/mol. The van der Waals surface area contributed by atoms with Crippen molar-refractivity contribution >= 4 is 103 Å². The first-order valence-electron chi connectivity index (χ1n) is 14.6. The maximum Gasteiger partial charge on any atom is 0.135 e. The number of nitrogens with zero attached hydrogens (tertiary/aromatic N) is 2. The Morgan fingerprint density at radius 3 is 1.75 bits per heavy atom. The highest BCUT2D eigenvalue weighted by Gasteiger charge is 2.19. The summed E-state index contributed by atoms with van der Waals surface area (Å²) in [6, 6.07) is 44.7. The van der Waals surface area contributed by atoms with Gasteiger partial charge < -0.3 is 13.7 Å². The Hall–Kier alpha value is -5.65. The lowest BCUT2D eigenvalue weighted by atomic mass is 10.1. The van der Waals surface area contributed by atoms with Gasteiger partial charge in [0, 0.05) is 65.7 Å². The van der Waals surface area contributed by atoms with Crippen LogP contribution in [-0.2, 0) is 0 Å². The molecule has 0 N–H and O–H groups in total. The third-order valence-corrected chi connectivity index (χ3v) is 9.88. The van der Waals surface area contributed by atoms with Crippen molar-refractivity contribution < 1.29 is 8.83 Å². The largest absolute Gasteiger partial charge is 0.456 e. The minimum Gasteiger partial charge on any atom is -0.456 e. The molecule has 0 aliphatic carbocycles. The number of pyridine rings is 1. The molecule has 0 aliphatic heterocycles. The van der Waals surface area contributed by atoms with Crippen LogP contribution in [0.3, 0.4) is 0 Å². The summed E-state index contributed by atoms with van der Waals surface area (Å²) in [6.07, 6.45) is 1.88. The number of aromatic nitrogens is 1. The van der Waals surface area contributed by atoms with Crippen molar-refractivity contribution in [2.45, 2.75) is 0 Å². The summed E-state index contributed by atoms with van der Waals surface area (Å²) >= 11 is 1.81. The zero-order valence-corrected chi connectivity index (χ0v) is 24.1. The molecule has 0 aliphatic rings. The van der Waals surface area contributed by atoms with E-state index in [2.05, 4.69) is 102 Å². The fourth-order valence-corrected chi connectivity index (χ4v) is 7.84. The molecule has 4 nitrogen and oxygen atoms in total. The molecule has 4 heterocycles. The van der Waals surface area contributed by atoms with E-state index >= 15 is 0 Å². The van der Waals surface area contributed by atoms with E-state index < -0.39 is 0 Å². The molecule has 0 unspecified atom stereocenters. The van der Waals surface area contributed by atoms with Crippen molar-refractivity contribution in [1.29, 1.82) is 0 Å². The van der Waals surface area contributed by atoms with E-state index in [4.69, 9.17) is 13.8 Å². The third kappa shape index (κ3) is 3.41. The first-order chi connectivity index (χ1) is 21.8. The predicted molar refractivity (Wildman–Crippen MR) is 184 cm³/mol. The maximum absolute atomic E-state index is 6.19. The summed E-state index contributed by atoms with van der Waals surface area (Å²) in [5, 5.41) is 8.03. The van der Waals surface area contributed by atoms with E-state index in [1.54, 1.807) is 11.3 Å². The summed E-state index contributed by atoms with van der Waals surface area (Å²) < 4.78 is 14.8. The summed E-state index contributed by atoms with van der Waals surface area (Å²) in [5.74, 6) is 0. The number of fused-ring (bicyclic) bond motifs is 11. The van der Waals surface area contributed by atoms with Gasteiger partial charge in [-0.2, -0.15) is 0 Å². The molecule has 6 aromatic carbocycles. The Bertz CT molecular complexity index is 2640. The van der Waals surface area contributed by atoms with E-state index in [1.165, 1.54) is 20.2 Å². The number of para-hydroxylation sites is 2. The van der Waals surface area contributed by atoms with Crippen LogP contribution in [0.4, 0.5) is 17.1 Å². The van der Waals surface area contributed by atoms with Gasteiger partial charge in [0.25, 0.3) is 0 Å². The van der Waals surface area contributed by atoms with E-state index in [1.807, 2.05) is 36.5 Å². The standard InChI is InChI=1S/C39H22N2O2S/c1-3-9-33-27(7-1)30-20-24(12-16-35(30)42-33)41(25-13-17-36-31(21-25)28-8-2-4-10-34(28)43-36)26-14-18-37-32(22-26)29-15-11-23-6-5-19-40-38(23)39(29)44-37/h1-22H. The molecule has 0 bridgehead atoms. The summed E-state index contributed by atoms with van der Waals surface area (Å²) in [6.45, 7) is 0. The second-order valence-corrected chi connectivity index (χ2v) is 12.2. The lowest BCUT2D eigenvalue weighted by molar-refractivity contribution is 0.668. The van der Waals surface area contributed by atoms with Crippen LogP contribution in [0.1, 0.15) is 0 Å². The predicted octanol–water partition coefficient (Wildman–Crippen LogP) is 11.9. The SMILES string of the molecule is c1cnc2c(c1)ccc1c3cc(N(c4ccc5oc6ccccc6c5c4)c4ccc5oc6ccccc6c5c4)ccc3sc12. The molecule has 10 aromatic rings. The van der Waals surface area contributed by atoms with Gasteiger partial charge in [-0.05, 0) is 72.8 Å². The summed E-state index contributed by atoms with van der Waals surface area (Å²) in [7, 11) is 0. The molecule has 206 valence electrons. The monoisotopic (exact) mass is 582 g/mol. The second kappa shape index (κ2) is 8.93. The Balaban J connectivity index is 1.24. The first-order valence-corrected chi connectivity index (χ1v) is 15.4. The lowest BCUT2D eigenvalue weighted by Gasteiger charge is -2.26. The molecular weight excluding hydrogens is 561 g/mol. The van der Waals surface area contributed by atoms with Gasteiger partial charge in [-0.25, -0.2) is 0 Å². The molecule has 0 saturated carbocycles. The van der Waals surface area contributed by atoms with Crippen molar-refractivity contribution in [3.05, 3.63) is 134 Å². The number of rotatable bonds is 3. The number of hydrogen-bond acceptors (Lipinski definition) is 5. The number of furan rings is 2. The molecule has 44 heavy (non-hydrogen) atoms. The Labute approximate surface area is 255 Å². The van der Waals surface area contributed by atoms with Crippen LogP contribution in [0, 0.1) is 0 Å². The van der Waals surface area contributed by atoms with Gasteiger partial charge in [0.2, 0.25) is 0 Å². The molecule has 10 rings (SSSR count). The molecule has 0 atom stereocenters. The van der Waals surface area contributed by atoms with Crippen LogP contribution in [0.15, 0.2) is 142 Å². The van der Waals surface area contributed by atoms with Crippen molar-refractivity contribution in [3.8, 4) is 0 Å². The quantitative estimate of drug-likeness (QED) is 0.208. The number of thiophene rings is 1. The minimum atomic E-state index is 0.879. The molecular formula is C39H22N2O2S. The highest BCUT2D eigenvalue weighted by atomic mass is 32.1. The topological polar surface area (TPSA) is 42.4 Å². The van der Waals surface area contributed by atoms with Gasteiger partial charge in [-0.15, -0.1) is 11.3 Å². The molecule has 0 radical (unpaired) electrons. The van der Waals surface area contributed by atoms with Crippen molar-refractivity contribution in [2.75, 3.05) is 4.90 Å². The van der Waals surface area contributed by atoms with Crippen LogP contribution < -0.4 is 4.90 Å². The average Bonchev–Trinajstić information content (AvgIpc) is 3.76. The zero-order valence-electron chi connectivity index (χ0n) is 23.3. The van der Waals surface area contributed by atoms with Crippen LogP contribution in [0.2, 0.25) is 0 Å². The first kappa shape index (κ1) is 23.9. The Kier molecular flexibility index (Phi) is 4.84. The summed E-state index contributed by atoms with van der Waals surface area (Å²) in [4.78, 5) is 7.07. The van der Waals surface area contributed by atoms with Crippen molar-refractivity contribution in [1.82, 2.24) is 4.98 Å². The van der Waals surface area contributed by atoms with Crippen LogP contribution in [0.5, 0.6) is 0 Å². The second-order valence-electron chi connectivity index (χ2n) is 11.2. The van der Waals surface area contributed by atoms with Crippen LogP contribution in [-0.4, -0.2) is 4.98 Å². The third-order valence-electron chi connectivity index (χ3n) is 8.69. The fraction of sp³-hybridized carbons (Fsp3) is 0. The Morgan fingerprint density at radius 1 is 0.477 bits per heavy atom. The Morgan fingerprint density at radius 2 is 1.07 bits per heavy atom. The van der Waals surface area contributed by atoms with E-state index in [-0.39, 0.29) is 0 Å². The van der Waals surface area contributed by atoms with Crippen LogP contribution in [0.25, 0.3) is 75.0 Å². The van der Waals surface area contributed by atoms with Gasteiger partial charge in [-0.3, -0.25) is 4.98 Å². The molecule has 0 saturated heterocycles. The number of hydrogen-bond donors (Lipinski definition) is 0. The van der Waals surface area contributed by atoms with Gasteiger partial charge in [0.05, 0.1) is 10.2 Å². The van der Waals surface area contributed by atoms with E-state index in [0.29, 0.717) is 0 Å². The molecule has 0 fully saturated rings. The number of anilines is 3. The van der Waals surface area contributed by atoms with Crippen molar-refractivity contribution in [2.24, 2.45) is 0 Å². The fourth-order valence-electron chi connectivity index (χ4n) is 6.65. The van der Waals surface area contributed by atoms with Crippen LogP contribution >= 0.6 is 11.3 Å². The van der Waals surface area contributed by atoms with Gasteiger partial charge in [0.15, 0.2) is 0 Å². The van der Waals surface area contributed by atoms with Gasteiger partial charge >= 0.3 is 0 Å². The highest BCUT2D eigenvalue weighted by molar-refractivity contribution is 7.26.